The smallest absolute Gasteiger partial charge is 0.331 e. The Morgan fingerprint density at radius 2 is 1.34 bits per heavy atom. The first-order chi connectivity index (χ1) is 31.8. The van der Waals surface area contributed by atoms with E-state index in [0.717, 1.165) is 24.3 Å². The summed E-state index contributed by atoms with van der Waals surface area (Å²) in [6.07, 6.45) is -23.7. The number of aromatic hydroxyl groups is 5. The number of aliphatic hydroxyl groups is 9. The van der Waals surface area contributed by atoms with Crippen molar-refractivity contribution in [1.82, 2.24) is 0 Å². The maximum atomic E-state index is 12.6. The zero-order chi connectivity index (χ0) is 48.6. The summed E-state index contributed by atoms with van der Waals surface area (Å²) in [6, 6.07) is 8.31. The number of phenols is 5. The zero-order valence-corrected chi connectivity index (χ0v) is 35.3. The summed E-state index contributed by atoms with van der Waals surface area (Å²) in [5.41, 5.74) is 0.313. The van der Waals surface area contributed by atoms with Crippen molar-refractivity contribution in [2.75, 3.05) is 20.3 Å². The molecule has 3 fully saturated rings. The molecule has 14 N–H and O–H groups in total. The largest absolute Gasteiger partial charge is 0.508 e. The normalized spacial score (nSPS) is 34.1. The number of fused-ring (bicyclic) bond motifs is 1. The minimum atomic E-state index is -2.01. The molecular formula is C43H50O24. The molecule has 7 rings (SSSR count). The number of carbonyl (C=O) groups is 1. The Morgan fingerprint density at radius 1 is 0.687 bits per heavy atom. The Kier molecular flexibility index (Phi) is 14.9. The number of carbonyl (C=O) groups excluding carboxylic acids is 1. The van der Waals surface area contributed by atoms with E-state index in [9.17, 15) is 76.3 Å². The van der Waals surface area contributed by atoms with E-state index in [1.165, 1.54) is 50.5 Å². The average molecular weight is 951 g/mol. The van der Waals surface area contributed by atoms with Crippen molar-refractivity contribution in [3.8, 4) is 46.0 Å². The molecule has 67 heavy (non-hydrogen) atoms. The van der Waals surface area contributed by atoms with Crippen LogP contribution in [0.1, 0.15) is 29.7 Å². The van der Waals surface area contributed by atoms with Gasteiger partial charge >= 0.3 is 5.97 Å². The summed E-state index contributed by atoms with van der Waals surface area (Å²) in [7, 11) is 1.20. The first-order valence-electron chi connectivity index (χ1n) is 20.5. The molecule has 0 bridgehead atoms. The standard InChI is InChI=1S/C43H50O24/c1-15-39(67-29(49)6-4-16-3-5-20(46)21(47)7-16)35(55)38(58)41(61-15)60-14-28-32(52)34(54)37(57)43(66-28)64-26-12-19-23(62-40(26)17-8-22(48)30(50)25(9-17)59-2)10-18(45)11-24(19)63-42-36(56)33(53)31(51)27(13-44)65-42/h3-12,15,27-28,31-48,50-58H,13-14H2,1-2H3/b6-4+/t15-,27+,28-,31-,32-,33-,34-,35-,36+,37-,38-,39-,40?,41+,42+,43+/m0/s1. The van der Waals surface area contributed by atoms with Crippen molar-refractivity contribution < 1.29 is 119 Å². The van der Waals surface area contributed by atoms with Gasteiger partial charge in [-0.1, -0.05) is 6.07 Å². The van der Waals surface area contributed by atoms with Crippen molar-refractivity contribution in [3.63, 3.8) is 0 Å². The third-order valence-corrected chi connectivity index (χ3v) is 11.4. The number of benzene rings is 3. The van der Waals surface area contributed by atoms with Crippen LogP contribution in [0.5, 0.6) is 46.0 Å². The van der Waals surface area contributed by atoms with Gasteiger partial charge in [0.25, 0.3) is 0 Å². The van der Waals surface area contributed by atoms with Gasteiger partial charge in [0, 0.05) is 23.8 Å². The SMILES string of the molecule is COc1cc(C2Oc3cc(O)cc(O[C@@H]4O[C@H](CO)[C@H](O)[C@H](O)[C@H]4O)c3C=C2O[C@@H]2O[C@@H](CO[C@@H]3O[C@@H](C)[C@H](OC(=O)/C=C/c4ccc(O)c(O)c4)[C@@H](O)[C@@H]3O)[C@H](O)[C@H](O)[C@@H]2O)cc(O)c1O. The fraction of sp³-hybridized carbons (Fsp3) is 0.465. The van der Waals surface area contributed by atoms with Gasteiger partial charge in [-0.2, -0.15) is 0 Å². The van der Waals surface area contributed by atoms with Crippen LogP contribution >= 0.6 is 0 Å². The second-order valence-electron chi connectivity index (χ2n) is 15.9. The highest BCUT2D eigenvalue weighted by Crippen LogP contribution is 2.48. The molecule has 0 spiro atoms. The summed E-state index contributed by atoms with van der Waals surface area (Å²) in [6.45, 7) is -0.0742. The van der Waals surface area contributed by atoms with Gasteiger partial charge in [0.05, 0.1) is 32.0 Å². The Balaban J connectivity index is 1.10. The van der Waals surface area contributed by atoms with Crippen LogP contribution in [0.2, 0.25) is 0 Å². The van der Waals surface area contributed by atoms with Crippen LogP contribution in [0, 0.1) is 0 Å². The monoisotopic (exact) mass is 950 g/mol. The van der Waals surface area contributed by atoms with Gasteiger partial charge in [0.15, 0.2) is 41.5 Å². The molecule has 0 amide bonds. The summed E-state index contributed by atoms with van der Waals surface area (Å²) in [5, 5.41) is 147. The van der Waals surface area contributed by atoms with Crippen molar-refractivity contribution >= 4 is 18.1 Å². The van der Waals surface area contributed by atoms with E-state index in [-0.39, 0.29) is 39.9 Å². The number of rotatable bonds is 13. The molecule has 3 saturated heterocycles. The Bertz CT molecular complexity index is 2300. The summed E-state index contributed by atoms with van der Waals surface area (Å²) >= 11 is 0. The van der Waals surface area contributed by atoms with E-state index in [4.69, 9.17) is 42.6 Å². The van der Waals surface area contributed by atoms with Crippen LogP contribution in [0.3, 0.4) is 0 Å². The first kappa shape index (κ1) is 49.2. The van der Waals surface area contributed by atoms with Crippen LogP contribution in [-0.4, -0.2) is 190 Å². The molecule has 366 valence electrons. The third-order valence-electron chi connectivity index (χ3n) is 11.4. The van der Waals surface area contributed by atoms with Gasteiger partial charge in [-0.15, -0.1) is 0 Å². The number of hydrogen-bond acceptors (Lipinski definition) is 24. The van der Waals surface area contributed by atoms with Crippen molar-refractivity contribution in [1.29, 1.82) is 0 Å². The van der Waals surface area contributed by atoms with Crippen LogP contribution in [0.25, 0.3) is 12.2 Å². The molecule has 1 unspecified atom stereocenters. The summed E-state index contributed by atoms with van der Waals surface area (Å²) in [5.74, 6) is -4.48. The molecule has 0 radical (unpaired) electrons. The lowest BCUT2D eigenvalue weighted by Gasteiger charge is -2.43. The number of esters is 1. The highest BCUT2D eigenvalue weighted by molar-refractivity contribution is 5.87. The second-order valence-corrected chi connectivity index (χ2v) is 15.9. The predicted molar refractivity (Wildman–Crippen MR) is 219 cm³/mol. The molecule has 0 aliphatic carbocycles. The maximum Gasteiger partial charge on any atom is 0.331 e. The average Bonchev–Trinajstić information content (AvgIpc) is 3.30. The summed E-state index contributed by atoms with van der Waals surface area (Å²) < 4.78 is 51.4. The zero-order valence-electron chi connectivity index (χ0n) is 35.3. The molecule has 4 heterocycles. The van der Waals surface area contributed by atoms with Crippen LogP contribution in [-0.2, 0) is 33.2 Å². The van der Waals surface area contributed by atoms with E-state index >= 15 is 0 Å². The van der Waals surface area contributed by atoms with Crippen LogP contribution in [0.15, 0.2) is 54.3 Å². The first-order valence-corrected chi connectivity index (χ1v) is 20.5. The van der Waals surface area contributed by atoms with Gasteiger partial charge in [0.2, 0.25) is 18.3 Å². The molecule has 24 heteroatoms. The fourth-order valence-electron chi connectivity index (χ4n) is 7.63. The van der Waals surface area contributed by atoms with Crippen molar-refractivity contribution in [3.05, 3.63) is 71.0 Å². The molecule has 24 nitrogen and oxygen atoms in total. The third kappa shape index (κ3) is 10.3. The molecule has 3 aromatic rings. The lowest BCUT2D eigenvalue weighted by Crippen LogP contribution is -2.61. The number of ether oxygens (including phenoxy) is 9. The lowest BCUT2D eigenvalue weighted by atomic mass is 9.97. The molecule has 0 aromatic heterocycles. The fourth-order valence-corrected chi connectivity index (χ4v) is 7.63. The van der Waals surface area contributed by atoms with Crippen molar-refractivity contribution in [2.24, 2.45) is 0 Å². The number of phenolic OH excluding ortho intramolecular Hbond substituents is 5. The second kappa shape index (κ2) is 20.3. The number of hydrogen-bond donors (Lipinski definition) is 14. The maximum absolute atomic E-state index is 12.6. The Labute approximate surface area is 379 Å². The summed E-state index contributed by atoms with van der Waals surface area (Å²) in [4.78, 5) is 12.6. The van der Waals surface area contributed by atoms with Gasteiger partial charge < -0.3 is 114 Å². The van der Waals surface area contributed by atoms with E-state index in [1.54, 1.807) is 0 Å². The number of methoxy groups -OCH3 is 1. The van der Waals surface area contributed by atoms with Gasteiger partial charge in [-0.25, -0.2) is 4.79 Å². The topological polar surface area (TPSA) is 383 Å². The Hall–Kier alpha value is -5.71. The van der Waals surface area contributed by atoms with Crippen molar-refractivity contribution in [2.45, 2.75) is 105 Å². The van der Waals surface area contributed by atoms with E-state index in [1.807, 2.05) is 0 Å². The quantitative estimate of drug-likeness (QED) is 0.0491. The van der Waals surface area contributed by atoms with E-state index in [2.05, 4.69) is 0 Å². The van der Waals surface area contributed by atoms with E-state index in [0.29, 0.717) is 5.56 Å². The van der Waals surface area contributed by atoms with E-state index < -0.39 is 140 Å². The van der Waals surface area contributed by atoms with Gasteiger partial charge in [0.1, 0.15) is 84.0 Å². The minimum Gasteiger partial charge on any atom is -0.508 e. The number of aliphatic hydroxyl groups excluding tert-OH is 9. The molecular weight excluding hydrogens is 900 g/mol. The van der Waals surface area contributed by atoms with Crippen LogP contribution in [0.4, 0.5) is 0 Å². The molecule has 16 atom stereocenters. The molecule has 0 saturated carbocycles. The lowest BCUT2D eigenvalue weighted by molar-refractivity contribution is -0.325. The molecule has 4 aliphatic heterocycles. The molecule has 3 aromatic carbocycles. The minimum absolute atomic E-state index is 0.0308. The highest BCUT2D eigenvalue weighted by atomic mass is 16.7. The molecule has 4 aliphatic rings. The Morgan fingerprint density at radius 3 is 2.01 bits per heavy atom. The van der Waals surface area contributed by atoms with Gasteiger partial charge in [-0.3, -0.25) is 0 Å². The predicted octanol–water partition coefficient (Wildman–Crippen LogP) is -2.19. The van der Waals surface area contributed by atoms with Crippen LogP contribution < -0.4 is 14.2 Å². The highest BCUT2D eigenvalue weighted by Gasteiger charge is 2.50. The van der Waals surface area contributed by atoms with Gasteiger partial charge in [-0.05, 0) is 48.9 Å².